The molecule has 2 N–H and O–H groups in total. The molecule has 0 saturated carbocycles. The van der Waals surface area contributed by atoms with Gasteiger partial charge < -0.3 is 15.4 Å². The van der Waals surface area contributed by atoms with E-state index in [1.807, 2.05) is 18.2 Å². The van der Waals surface area contributed by atoms with Crippen LogP contribution in [0.5, 0.6) is 0 Å². The number of benzene rings is 1. The first-order chi connectivity index (χ1) is 8.17. The third-order valence-electron chi connectivity index (χ3n) is 2.46. The second-order valence-corrected chi connectivity index (χ2v) is 4.10. The van der Waals surface area contributed by atoms with Crippen molar-refractivity contribution in [2.75, 3.05) is 32.6 Å². The van der Waals surface area contributed by atoms with E-state index in [1.165, 1.54) is 0 Å². The van der Waals surface area contributed by atoms with Crippen molar-refractivity contribution >= 4 is 11.6 Å². The van der Waals surface area contributed by atoms with Gasteiger partial charge in [-0.3, -0.25) is 4.79 Å². The summed E-state index contributed by atoms with van der Waals surface area (Å²) in [6, 6.07) is 7.46. The Bertz CT molecular complexity index is 366. The van der Waals surface area contributed by atoms with Crippen LogP contribution in [0, 0.1) is 5.92 Å². The first kappa shape index (κ1) is 13.5. The van der Waals surface area contributed by atoms with Crippen LogP contribution in [0.4, 0.5) is 5.69 Å². The molecule has 0 aromatic heterocycles. The van der Waals surface area contributed by atoms with Crippen LogP contribution in [-0.2, 0) is 4.74 Å². The van der Waals surface area contributed by atoms with Gasteiger partial charge in [-0.1, -0.05) is 13.0 Å². The van der Waals surface area contributed by atoms with Crippen molar-refractivity contribution in [3.63, 3.8) is 0 Å². The zero-order valence-electron chi connectivity index (χ0n) is 10.6. The molecule has 17 heavy (non-hydrogen) atoms. The third kappa shape index (κ3) is 4.44. The number of rotatable bonds is 6. The fourth-order valence-corrected chi connectivity index (χ4v) is 1.55. The summed E-state index contributed by atoms with van der Waals surface area (Å²) in [7, 11) is 3.33. The lowest BCUT2D eigenvalue weighted by Crippen LogP contribution is -2.19. The molecular formula is C13H20N2O2. The lowest BCUT2D eigenvalue weighted by molar-refractivity contribution is 0.0963. The fourth-order valence-electron chi connectivity index (χ4n) is 1.55. The number of amides is 1. The Morgan fingerprint density at radius 2 is 2.24 bits per heavy atom. The molecule has 0 heterocycles. The van der Waals surface area contributed by atoms with E-state index < -0.39 is 0 Å². The predicted molar refractivity (Wildman–Crippen MR) is 69.4 cm³/mol. The summed E-state index contributed by atoms with van der Waals surface area (Å²) in [5.41, 5.74) is 1.62. The van der Waals surface area contributed by atoms with Crippen molar-refractivity contribution in [3.05, 3.63) is 29.8 Å². The number of ether oxygens (including phenoxy) is 1. The van der Waals surface area contributed by atoms with Gasteiger partial charge in [0.2, 0.25) is 0 Å². The molecule has 0 fully saturated rings. The molecule has 4 heteroatoms. The molecule has 1 amide bonds. The van der Waals surface area contributed by atoms with Crippen LogP contribution < -0.4 is 10.6 Å². The standard InChI is InChI=1S/C13H20N2O2/c1-10(9-17-3)8-15-12-6-4-5-11(7-12)13(16)14-2/h4-7,10,15H,8-9H2,1-3H3,(H,14,16). The number of anilines is 1. The Hall–Kier alpha value is -1.55. The van der Waals surface area contributed by atoms with Gasteiger partial charge >= 0.3 is 0 Å². The van der Waals surface area contributed by atoms with E-state index in [9.17, 15) is 4.79 Å². The maximum Gasteiger partial charge on any atom is 0.251 e. The Morgan fingerprint density at radius 1 is 1.47 bits per heavy atom. The van der Waals surface area contributed by atoms with Crippen molar-refractivity contribution in [2.45, 2.75) is 6.92 Å². The minimum absolute atomic E-state index is 0.0708. The summed E-state index contributed by atoms with van der Waals surface area (Å²) < 4.78 is 5.07. The molecule has 0 radical (unpaired) electrons. The molecule has 0 saturated heterocycles. The Kier molecular flexibility index (Phi) is 5.49. The molecule has 0 spiro atoms. The molecule has 0 aliphatic heterocycles. The van der Waals surface area contributed by atoms with Crippen LogP contribution >= 0.6 is 0 Å². The zero-order valence-corrected chi connectivity index (χ0v) is 10.6. The number of hydrogen-bond acceptors (Lipinski definition) is 3. The quantitative estimate of drug-likeness (QED) is 0.791. The number of methoxy groups -OCH3 is 1. The SMILES string of the molecule is CNC(=O)c1cccc(NCC(C)COC)c1. The van der Waals surface area contributed by atoms with Crippen LogP contribution in [0.2, 0.25) is 0 Å². The maximum atomic E-state index is 11.4. The normalized spacial score (nSPS) is 11.9. The molecule has 1 aromatic carbocycles. The molecule has 1 atom stereocenters. The van der Waals surface area contributed by atoms with Crippen LogP contribution in [0.15, 0.2) is 24.3 Å². The van der Waals surface area contributed by atoms with Crippen LogP contribution in [0.25, 0.3) is 0 Å². The van der Waals surface area contributed by atoms with E-state index in [0.29, 0.717) is 11.5 Å². The summed E-state index contributed by atoms with van der Waals surface area (Å²) in [6.07, 6.45) is 0. The maximum absolute atomic E-state index is 11.4. The lowest BCUT2D eigenvalue weighted by Gasteiger charge is -2.13. The highest BCUT2D eigenvalue weighted by Gasteiger charge is 2.04. The zero-order chi connectivity index (χ0) is 12.7. The van der Waals surface area contributed by atoms with Gasteiger partial charge in [0, 0.05) is 32.0 Å². The highest BCUT2D eigenvalue weighted by Crippen LogP contribution is 2.11. The molecule has 0 aliphatic carbocycles. The van der Waals surface area contributed by atoms with Crippen LogP contribution in [0.3, 0.4) is 0 Å². The van der Waals surface area contributed by atoms with E-state index >= 15 is 0 Å². The van der Waals surface area contributed by atoms with Crippen molar-refractivity contribution < 1.29 is 9.53 Å². The second kappa shape index (κ2) is 6.91. The highest BCUT2D eigenvalue weighted by atomic mass is 16.5. The number of hydrogen-bond donors (Lipinski definition) is 2. The Morgan fingerprint density at radius 3 is 2.88 bits per heavy atom. The van der Waals surface area contributed by atoms with E-state index in [-0.39, 0.29) is 5.91 Å². The average Bonchev–Trinajstić information content (AvgIpc) is 2.36. The largest absolute Gasteiger partial charge is 0.385 e. The summed E-state index contributed by atoms with van der Waals surface area (Å²) in [5, 5.41) is 5.90. The van der Waals surface area contributed by atoms with E-state index in [2.05, 4.69) is 17.6 Å². The number of carbonyl (C=O) groups is 1. The van der Waals surface area contributed by atoms with Gasteiger partial charge in [-0.15, -0.1) is 0 Å². The smallest absolute Gasteiger partial charge is 0.251 e. The lowest BCUT2D eigenvalue weighted by atomic mass is 10.1. The first-order valence-electron chi connectivity index (χ1n) is 5.72. The third-order valence-corrected chi connectivity index (χ3v) is 2.46. The van der Waals surface area contributed by atoms with Gasteiger partial charge in [0.05, 0.1) is 6.61 Å². The van der Waals surface area contributed by atoms with Gasteiger partial charge in [-0.2, -0.15) is 0 Å². The van der Waals surface area contributed by atoms with Crippen LogP contribution in [0.1, 0.15) is 17.3 Å². The van der Waals surface area contributed by atoms with Gasteiger partial charge in [-0.25, -0.2) is 0 Å². The summed E-state index contributed by atoms with van der Waals surface area (Å²) in [4.78, 5) is 11.4. The van der Waals surface area contributed by atoms with Gasteiger partial charge in [0.1, 0.15) is 0 Å². The minimum atomic E-state index is -0.0708. The Labute approximate surface area is 102 Å². The van der Waals surface area contributed by atoms with Crippen molar-refractivity contribution in [1.29, 1.82) is 0 Å². The molecular weight excluding hydrogens is 216 g/mol. The monoisotopic (exact) mass is 236 g/mol. The van der Waals surface area contributed by atoms with Crippen molar-refractivity contribution in [1.82, 2.24) is 5.32 Å². The van der Waals surface area contributed by atoms with Crippen LogP contribution in [-0.4, -0.2) is 33.2 Å². The minimum Gasteiger partial charge on any atom is -0.385 e. The molecule has 94 valence electrons. The average molecular weight is 236 g/mol. The van der Waals surface area contributed by atoms with E-state index in [1.54, 1.807) is 20.2 Å². The van der Waals surface area contributed by atoms with Crippen molar-refractivity contribution in [2.24, 2.45) is 5.92 Å². The molecule has 1 unspecified atom stereocenters. The van der Waals surface area contributed by atoms with Gasteiger partial charge in [-0.05, 0) is 24.1 Å². The molecule has 4 nitrogen and oxygen atoms in total. The first-order valence-corrected chi connectivity index (χ1v) is 5.72. The molecule has 0 aliphatic rings. The molecule has 1 aromatic rings. The summed E-state index contributed by atoms with van der Waals surface area (Å²) in [5.74, 6) is 0.363. The van der Waals surface area contributed by atoms with Crippen molar-refractivity contribution in [3.8, 4) is 0 Å². The second-order valence-electron chi connectivity index (χ2n) is 4.10. The summed E-state index contributed by atoms with van der Waals surface area (Å²) >= 11 is 0. The highest BCUT2D eigenvalue weighted by molar-refractivity contribution is 5.94. The fraction of sp³-hybridized carbons (Fsp3) is 0.462. The van der Waals surface area contributed by atoms with Gasteiger partial charge in [0.15, 0.2) is 0 Å². The molecule has 1 rings (SSSR count). The summed E-state index contributed by atoms with van der Waals surface area (Å²) in [6.45, 7) is 3.66. The van der Waals surface area contributed by atoms with Gasteiger partial charge in [0.25, 0.3) is 5.91 Å². The van der Waals surface area contributed by atoms with E-state index in [4.69, 9.17) is 4.74 Å². The topological polar surface area (TPSA) is 50.4 Å². The number of carbonyl (C=O) groups excluding carboxylic acids is 1. The molecule has 0 bridgehead atoms. The van der Waals surface area contributed by atoms with E-state index in [0.717, 1.165) is 18.8 Å². The number of nitrogens with one attached hydrogen (secondary N) is 2. The Balaban J connectivity index is 2.57. The predicted octanol–water partition coefficient (Wildman–Crippen LogP) is 1.74.